The van der Waals surface area contributed by atoms with E-state index in [0.717, 1.165) is 28.1 Å². The Labute approximate surface area is 239 Å². The van der Waals surface area contributed by atoms with Gasteiger partial charge in [0, 0.05) is 11.1 Å². The smallest absolute Gasteiger partial charge is 0.122 e. The number of nitrogens with one attached hydrogen (secondary N) is 2. The molecule has 0 amide bonds. The average Bonchev–Trinajstić information content (AvgIpc) is 3.31. The van der Waals surface area contributed by atoms with Crippen LogP contribution in [0.4, 0.5) is 0 Å². The summed E-state index contributed by atoms with van der Waals surface area (Å²) >= 11 is 5.64. The lowest BCUT2D eigenvalue weighted by Gasteiger charge is -2.27. The molecule has 2 aromatic carbocycles. The maximum Gasteiger partial charge on any atom is 0.122 e. The van der Waals surface area contributed by atoms with E-state index in [1.807, 2.05) is 77.9 Å². The highest BCUT2D eigenvalue weighted by Gasteiger charge is 2.25. The van der Waals surface area contributed by atoms with Gasteiger partial charge in [0.1, 0.15) is 36.9 Å². The molecule has 2 aromatic rings. The summed E-state index contributed by atoms with van der Waals surface area (Å²) in [6.07, 6.45) is -1.44. The van der Waals surface area contributed by atoms with Crippen LogP contribution in [0.25, 0.3) is 0 Å². The van der Waals surface area contributed by atoms with Crippen LogP contribution in [-0.2, 0) is 5.41 Å². The van der Waals surface area contributed by atoms with Crippen LogP contribution in [0.5, 0.6) is 11.5 Å². The van der Waals surface area contributed by atoms with Gasteiger partial charge in [0.05, 0.1) is 24.7 Å². The minimum Gasteiger partial charge on any atom is -0.491 e. The number of aliphatic hydroxyl groups is 3. The van der Waals surface area contributed by atoms with Crippen LogP contribution < -0.4 is 20.4 Å². The number of alkyl halides is 1. The zero-order valence-corrected chi connectivity index (χ0v) is 25.5. The number of aliphatic hydroxyl groups excluding tert-OH is 3. The zero-order valence-electron chi connectivity index (χ0n) is 24.7. The first-order valence-electron chi connectivity index (χ1n) is 13.6. The number of halogens is 1. The highest BCUT2D eigenvalue weighted by molar-refractivity contribution is 6.18. The van der Waals surface area contributed by atoms with Crippen molar-refractivity contribution in [3.63, 3.8) is 0 Å². The third-order valence-electron chi connectivity index (χ3n) is 6.20. The summed E-state index contributed by atoms with van der Waals surface area (Å²) < 4.78 is 11.5. The van der Waals surface area contributed by atoms with Gasteiger partial charge in [-0.3, -0.25) is 5.01 Å². The third kappa shape index (κ3) is 9.89. The van der Waals surface area contributed by atoms with Crippen LogP contribution in [-0.4, -0.2) is 64.8 Å². The van der Waals surface area contributed by atoms with Crippen molar-refractivity contribution in [2.45, 2.75) is 73.0 Å². The van der Waals surface area contributed by atoms with Gasteiger partial charge < -0.3 is 30.2 Å². The second-order valence-electron chi connectivity index (χ2n) is 9.29. The molecule has 0 bridgehead atoms. The van der Waals surface area contributed by atoms with Gasteiger partial charge >= 0.3 is 0 Å². The molecule has 9 heteroatoms. The van der Waals surface area contributed by atoms with E-state index in [1.165, 1.54) is 0 Å². The molecule has 0 radical (unpaired) electrons. The van der Waals surface area contributed by atoms with E-state index in [4.69, 9.17) is 21.1 Å². The summed E-state index contributed by atoms with van der Waals surface area (Å²) in [4.78, 5) is 0. The molecule has 1 aliphatic rings. The van der Waals surface area contributed by atoms with Crippen LogP contribution in [0.2, 0.25) is 0 Å². The lowest BCUT2D eigenvalue weighted by molar-refractivity contribution is 0.0599. The molecule has 3 rings (SSSR count). The molecule has 0 saturated carbocycles. The number of hydrogen-bond acceptors (Lipinski definition) is 8. The second kappa shape index (κ2) is 17.3. The first-order valence-corrected chi connectivity index (χ1v) is 14.2. The molecule has 39 heavy (non-hydrogen) atoms. The van der Waals surface area contributed by atoms with Gasteiger partial charge in [-0.2, -0.15) is 0 Å². The van der Waals surface area contributed by atoms with Gasteiger partial charge in [-0.05, 0) is 48.7 Å². The van der Waals surface area contributed by atoms with E-state index >= 15 is 0 Å². The number of β-amino-alcohol motifs (C(OH)–C–C–N with tert-alkyl or cyclic N) is 1. The first-order chi connectivity index (χ1) is 18.6. The Morgan fingerprint density at radius 3 is 2.05 bits per heavy atom. The molecule has 5 N–H and O–H groups in total. The molecule has 1 aliphatic heterocycles. The molecule has 0 fully saturated rings. The predicted molar refractivity (Wildman–Crippen MR) is 159 cm³/mol. The predicted octanol–water partition coefficient (Wildman–Crippen LogP) is 4.64. The molecular formula is C30H48ClN3O5. The first kappa shape index (κ1) is 34.5. The van der Waals surface area contributed by atoms with Gasteiger partial charge in [-0.25, -0.2) is 0 Å². The maximum absolute atomic E-state index is 10.4. The number of hydrogen-bond donors (Lipinski definition) is 5. The van der Waals surface area contributed by atoms with Crippen molar-refractivity contribution in [1.82, 2.24) is 16.0 Å². The second-order valence-corrected chi connectivity index (χ2v) is 9.60. The molecular weight excluding hydrogens is 518 g/mol. The molecule has 0 aromatic heterocycles. The summed E-state index contributed by atoms with van der Waals surface area (Å²) in [5.41, 5.74) is 10.3. The van der Waals surface area contributed by atoms with Gasteiger partial charge in [-0.15, -0.1) is 17.1 Å². The van der Waals surface area contributed by atoms with Crippen molar-refractivity contribution in [2.24, 2.45) is 0 Å². The van der Waals surface area contributed by atoms with Gasteiger partial charge in [0.15, 0.2) is 0 Å². The van der Waals surface area contributed by atoms with Crippen molar-refractivity contribution >= 4 is 11.6 Å². The summed E-state index contributed by atoms with van der Waals surface area (Å²) in [5.74, 6) is 1.54. The number of hydrazine groups is 2. The van der Waals surface area contributed by atoms with Crippen LogP contribution >= 0.6 is 11.6 Å². The maximum atomic E-state index is 10.4. The molecule has 1 heterocycles. The van der Waals surface area contributed by atoms with Crippen molar-refractivity contribution in [3.05, 3.63) is 70.5 Å². The lowest BCUT2D eigenvalue weighted by Crippen LogP contribution is -2.44. The van der Waals surface area contributed by atoms with Crippen molar-refractivity contribution in [3.8, 4) is 11.5 Å². The topological polar surface area (TPSA) is 106 Å². The van der Waals surface area contributed by atoms with Crippen molar-refractivity contribution in [1.29, 1.82) is 0 Å². The Bertz CT molecular complexity index is 1010. The Hall–Kier alpha value is -2.49. The largest absolute Gasteiger partial charge is 0.491 e. The fraction of sp³-hybridized carbons (Fsp3) is 0.533. The minimum atomic E-state index is -0.748. The molecule has 8 nitrogen and oxygen atoms in total. The van der Waals surface area contributed by atoms with Crippen molar-refractivity contribution < 1.29 is 24.8 Å². The molecule has 220 valence electrons. The zero-order chi connectivity index (χ0) is 29.6. The summed E-state index contributed by atoms with van der Waals surface area (Å²) in [7, 11) is 0. The van der Waals surface area contributed by atoms with Gasteiger partial charge in [0.2, 0.25) is 0 Å². The monoisotopic (exact) mass is 565 g/mol. The van der Waals surface area contributed by atoms with Crippen LogP contribution in [0.15, 0.2) is 53.9 Å². The van der Waals surface area contributed by atoms with Gasteiger partial charge in [-0.1, -0.05) is 65.8 Å². The third-order valence-corrected chi connectivity index (χ3v) is 6.56. The summed E-state index contributed by atoms with van der Waals surface area (Å²) in [6, 6.07) is 13.9. The fourth-order valence-electron chi connectivity index (χ4n) is 3.87. The molecule has 0 aliphatic carbocycles. The minimum absolute atomic E-state index is 0.122. The van der Waals surface area contributed by atoms with Crippen LogP contribution in [0, 0.1) is 6.92 Å². The van der Waals surface area contributed by atoms with E-state index in [0.29, 0.717) is 11.4 Å². The number of allylic oxidation sites excluding steroid dienone is 1. The summed E-state index contributed by atoms with van der Waals surface area (Å²) in [5, 5.41) is 31.1. The fourth-order valence-corrected chi connectivity index (χ4v) is 3.96. The Balaban J connectivity index is 0.00000181. The van der Waals surface area contributed by atoms with E-state index in [-0.39, 0.29) is 37.7 Å². The van der Waals surface area contributed by atoms with E-state index < -0.39 is 12.2 Å². The van der Waals surface area contributed by atoms with E-state index in [1.54, 1.807) is 5.01 Å². The molecule has 2 atom stereocenters. The van der Waals surface area contributed by atoms with Crippen LogP contribution in [0.3, 0.4) is 0 Å². The number of ether oxygens (including phenoxy) is 2. The van der Waals surface area contributed by atoms with Crippen molar-refractivity contribution in [2.75, 3.05) is 32.2 Å². The van der Waals surface area contributed by atoms with Gasteiger partial charge in [0.25, 0.3) is 0 Å². The number of nitrogens with zero attached hydrogens (tertiary/aromatic N) is 1. The normalized spacial score (nSPS) is 14.4. The van der Waals surface area contributed by atoms with E-state index in [2.05, 4.69) is 30.9 Å². The molecule has 2 unspecified atom stereocenters. The Kier molecular flexibility index (Phi) is 15.3. The van der Waals surface area contributed by atoms with Crippen LogP contribution in [0.1, 0.15) is 65.2 Å². The number of rotatable bonds is 12. The number of benzene rings is 2. The highest BCUT2D eigenvalue weighted by atomic mass is 35.5. The quantitative estimate of drug-likeness (QED) is 0.237. The lowest BCUT2D eigenvalue weighted by atomic mass is 9.77. The standard InChI is InChI=1S/C26H36ClN3O5.2C2H6/c1-17-11-20(7-10-25(17)35-15-21(32)12-27)26(3,4)19-5-8-23(9-6-19)34-16-22(33)13-30-24(14-31)18(2)28-29-30;2*1-2/h5-11,21-22,28-29,31-33H,12-16H2,1-4H3;2*1-2H3. The average molecular weight is 566 g/mol. The SMILES string of the molecule is CC.CC.CC1=C(CO)N(CC(O)COc2ccc(C(C)(C)c3ccc(OCC(O)CCl)c(C)c3)cc2)NN1. The Morgan fingerprint density at radius 2 is 1.49 bits per heavy atom. The van der Waals surface area contributed by atoms with E-state index in [9.17, 15) is 15.3 Å². The summed E-state index contributed by atoms with van der Waals surface area (Å²) in [6.45, 7) is 16.6. The number of aryl methyl sites for hydroxylation is 1. The molecule has 0 spiro atoms. The highest BCUT2D eigenvalue weighted by Crippen LogP contribution is 2.34. The Morgan fingerprint density at radius 1 is 0.897 bits per heavy atom. The molecule has 0 saturated heterocycles.